The number of carbonyl (C=O) groups excluding carboxylic acids is 3. The normalized spacial score (nSPS) is 46.2. The number of azide groups is 1. The highest BCUT2D eigenvalue weighted by atomic mass is 35.5. The molecule has 0 aliphatic heterocycles. The van der Waals surface area contributed by atoms with Crippen LogP contribution >= 0.6 is 11.6 Å². The number of alkyl halides is 1. The highest BCUT2D eigenvalue weighted by Crippen LogP contribution is 2.71. The fraction of sp³-hybridized carbons (Fsp3) is 0.682. The lowest BCUT2D eigenvalue weighted by Gasteiger charge is -2.63. The van der Waals surface area contributed by atoms with Crippen molar-refractivity contribution in [1.29, 1.82) is 0 Å². The molecule has 1 unspecified atom stereocenters. The molecule has 0 bridgehead atoms. The number of aliphatic hydroxyl groups excluding tert-OH is 1. The van der Waals surface area contributed by atoms with Gasteiger partial charge < -0.3 is 10.2 Å². The fourth-order valence-electron chi connectivity index (χ4n) is 6.99. The van der Waals surface area contributed by atoms with E-state index < -0.39 is 57.1 Å². The zero-order valence-electron chi connectivity index (χ0n) is 17.8. The molecule has 4 aliphatic carbocycles. The molecule has 0 saturated heterocycles. The van der Waals surface area contributed by atoms with E-state index in [0.29, 0.717) is 24.8 Å². The highest BCUT2D eigenvalue weighted by Gasteiger charge is 2.71. The number of aliphatic hydroxyl groups is 2. The van der Waals surface area contributed by atoms with Crippen LogP contribution in [0.3, 0.4) is 0 Å². The average Bonchev–Trinajstić information content (AvgIpc) is 3.01. The number of hydrogen-bond donors (Lipinski definition) is 2. The summed E-state index contributed by atoms with van der Waals surface area (Å²) in [5.41, 5.74) is 6.43. The summed E-state index contributed by atoms with van der Waals surface area (Å²) in [4.78, 5) is 39.5. The van der Waals surface area contributed by atoms with E-state index in [1.54, 1.807) is 13.0 Å². The number of Topliss-reactive ketones (excluding diaryl/α,β-unsaturated/α-hetero) is 2. The summed E-state index contributed by atoms with van der Waals surface area (Å²) in [5.74, 6) is -3.13. The minimum absolute atomic E-state index is 0.202. The van der Waals surface area contributed by atoms with Gasteiger partial charge in [0.1, 0.15) is 12.2 Å². The zero-order valence-corrected chi connectivity index (χ0v) is 18.5. The minimum atomic E-state index is -1.67. The van der Waals surface area contributed by atoms with Crippen LogP contribution in [0.5, 0.6) is 0 Å². The second-order valence-electron chi connectivity index (χ2n) is 9.84. The van der Waals surface area contributed by atoms with Crippen LogP contribution in [-0.2, 0) is 14.4 Å². The van der Waals surface area contributed by atoms with Gasteiger partial charge in [0.05, 0.1) is 4.87 Å². The third-order valence-corrected chi connectivity index (χ3v) is 9.96. The Hall–Kier alpha value is -1.99. The molecule has 166 valence electrons. The number of fused-ring (bicyclic) bond motifs is 5. The van der Waals surface area contributed by atoms with Gasteiger partial charge in [0.15, 0.2) is 5.78 Å². The van der Waals surface area contributed by atoms with Gasteiger partial charge in [-0.2, -0.15) is 0 Å². The molecule has 31 heavy (non-hydrogen) atoms. The zero-order chi connectivity index (χ0) is 23.0. The number of hydrogen-bond acceptors (Lipinski definition) is 6. The van der Waals surface area contributed by atoms with Gasteiger partial charge in [-0.05, 0) is 48.8 Å². The van der Waals surface area contributed by atoms with Crippen LogP contribution in [0.25, 0.3) is 10.4 Å². The highest BCUT2D eigenvalue weighted by molar-refractivity contribution is 6.44. The second-order valence-corrected chi connectivity index (χ2v) is 10.5. The summed E-state index contributed by atoms with van der Waals surface area (Å²) in [5, 5.41) is 24.6. The first-order chi connectivity index (χ1) is 14.4. The van der Waals surface area contributed by atoms with Gasteiger partial charge in [0.25, 0.3) is 0 Å². The smallest absolute Gasteiger partial charge is 0.222 e. The predicted molar refractivity (Wildman–Crippen MR) is 112 cm³/mol. The van der Waals surface area contributed by atoms with Crippen LogP contribution in [0, 0.1) is 28.6 Å². The molecule has 7 atom stereocenters. The van der Waals surface area contributed by atoms with Crippen molar-refractivity contribution in [2.45, 2.75) is 56.9 Å². The Morgan fingerprint density at radius 2 is 2.00 bits per heavy atom. The SMILES string of the molecule is CC1C(=O)C(=O)C=C2C(N=[N+]=[N-])=C[C@H]3[C@@H]4CC[C@](O)(C(=O)CO)[C@@]4(C)CC[C@]3(Cl)[C@]21C. The molecular formula is C22H26ClN3O5. The summed E-state index contributed by atoms with van der Waals surface area (Å²) in [7, 11) is 0. The number of carbonyl (C=O) groups is 3. The first-order valence-corrected chi connectivity index (χ1v) is 10.9. The first-order valence-electron chi connectivity index (χ1n) is 10.6. The van der Waals surface area contributed by atoms with Crippen LogP contribution in [0.15, 0.2) is 28.5 Å². The van der Waals surface area contributed by atoms with Gasteiger partial charge in [-0.1, -0.05) is 32.0 Å². The van der Waals surface area contributed by atoms with Crippen molar-refractivity contribution in [3.63, 3.8) is 0 Å². The molecule has 2 N–H and O–H groups in total. The van der Waals surface area contributed by atoms with Crippen molar-refractivity contribution >= 4 is 29.0 Å². The molecule has 0 aromatic carbocycles. The van der Waals surface area contributed by atoms with Crippen LogP contribution in [0.1, 0.15) is 46.5 Å². The number of nitrogens with zero attached hydrogens (tertiary/aromatic N) is 3. The first kappa shape index (κ1) is 22.2. The molecule has 0 radical (unpaired) electrons. The Bertz CT molecular complexity index is 1020. The Kier molecular flexibility index (Phi) is 4.84. The Balaban J connectivity index is 1.94. The van der Waals surface area contributed by atoms with Crippen molar-refractivity contribution in [1.82, 2.24) is 0 Å². The summed E-state index contributed by atoms with van der Waals surface area (Å²) >= 11 is 7.40. The lowest BCUT2D eigenvalue weighted by atomic mass is 9.45. The third-order valence-electron chi connectivity index (χ3n) is 9.12. The molecule has 2 fully saturated rings. The fourth-order valence-corrected chi connectivity index (χ4v) is 7.57. The molecule has 0 spiro atoms. The van der Waals surface area contributed by atoms with E-state index in [1.165, 1.54) is 6.08 Å². The summed E-state index contributed by atoms with van der Waals surface area (Å²) < 4.78 is 0. The van der Waals surface area contributed by atoms with Crippen LogP contribution in [-0.4, -0.2) is 44.6 Å². The topological polar surface area (TPSA) is 140 Å². The number of allylic oxidation sites excluding steroid dienone is 3. The second kappa shape index (κ2) is 6.75. The molecule has 0 aromatic heterocycles. The lowest BCUT2D eigenvalue weighted by molar-refractivity contribution is -0.161. The van der Waals surface area contributed by atoms with Crippen molar-refractivity contribution in [2.75, 3.05) is 6.61 Å². The Labute approximate surface area is 185 Å². The van der Waals surface area contributed by atoms with Crippen LogP contribution < -0.4 is 0 Å². The van der Waals surface area contributed by atoms with Crippen molar-refractivity contribution in [2.24, 2.45) is 33.7 Å². The summed E-state index contributed by atoms with van der Waals surface area (Å²) in [6, 6.07) is 0. The summed E-state index contributed by atoms with van der Waals surface area (Å²) in [6.45, 7) is 4.63. The Morgan fingerprint density at radius 1 is 1.32 bits per heavy atom. The van der Waals surface area contributed by atoms with Crippen LogP contribution in [0.2, 0.25) is 0 Å². The summed E-state index contributed by atoms with van der Waals surface area (Å²) in [6.07, 6.45) is 4.50. The van der Waals surface area contributed by atoms with Crippen molar-refractivity contribution < 1.29 is 24.6 Å². The lowest BCUT2D eigenvalue weighted by Crippen LogP contribution is -2.65. The third kappa shape index (κ3) is 2.45. The van der Waals surface area contributed by atoms with Crippen molar-refractivity contribution in [3.05, 3.63) is 33.9 Å². The maximum Gasteiger partial charge on any atom is 0.222 e. The molecule has 9 heteroatoms. The van der Waals surface area contributed by atoms with E-state index in [9.17, 15) is 24.6 Å². The Morgan fingerprint density at radius 3 is 2.61 bits per heavy atom. The standard InChI is InChI=1S/C22H26ClN3O5/c1-11-18(30)16(28)9-14-15(25-26-24)8-13-12-4-5-22(31,17(29)10-27)19(12,2)6-7-21(13,23)20(11,14)3/h8-9,11-13,27,31H,4-7,10H2,1-3H3/t11?,12-,13-,19-,20-,21+,22-/m0/s1. The van der Waals surface area contributed by atoms with E-state index in [4.69, 9.17) is 17.1 Å². The average molecular weight is 448 g/mol. The molecular weight excluding hydrogens is 422 g/mol. The largest absolute Gasteiger partial charge is 0.388 e. The van der Waals surface area contributed by atoms with E-state index in [2.05, 4.69) is 10.0 Å². The maximum absolute atomic E-state index is 12.7. The van der Waals surface area contributed by atoms with Gasteiger partial charge >= 0.3 is 0 Å². The monoisotopic (exact) mass is 447 g/mol. The van der Waals surface area contributed by atoms with Gasteiger partial charge in [-0.3, -0.25) is 14.4 Å². The minimum Gasteiger partial charge on any atom is -0.388 e. The van der Waals surface area contributed by atoms with E-state index in [0.717, 1.165) is 0 Å². The maximum atomic E-state index is 12.7. The van der Waals surface area contributed by atoms with Gasteiger partial charge in [0, 0.05) is 33.3 Å². The molecule has 2 saturated carbocycles. The molecule has 4 aliphatic rings. The number of halogens is 1. The van der Waals surface area contributed by atoms with Gasteiger partial charge in [-0.15, -0.1) is 11.6 Å². The van der Waals surface area contributed by atoms with Crippen molar-refractivity contribution in [3.8, 4) is 0 Å². The molecule has 4 rings (SSSR count). The molecule has 0 heterocycles. The van der Waals surface area contributed by atoms with Crippen LogP contribution in [0.4, 0.5) is 0 Å². The van der Waals surface area contributed by atoms with E-state index >= 15 is 0 Å². The van der Waals surface area contributed by atoms with Gasteiger partial charge in [-0.25, -0.2) is 0 Å². The predicted octanol–water partition coefficient (Wildman–Crippen LogP) is 3.01. The number of rotatable bonds is 3. The van der Waals surface area contributed by atoms with E-state index in [-0.39, 0.29) is 18.0 Å². The van der Waals surface area contributed by atoms with Gasteiger partial charge in [0.2, 0.25) is 11.6 Å². The molecule has 0 amide bonds. The molecule has 8 nitrogen and oxygen atoms in total. The quantitative estimate of drug-likeness (QED) is 0.225. The van der Waals surface area contributed by atoms with E-state index in [1.807, 2.05) is 13.8 Å². The number of ketones is 3. The molecule has 0 aromatic rings.